The van der Waals surface area contributed by atoms with Gasteiger partial charge in [0.05, 0.1) is 12.1 Å². The predicted molar refractivity (Wildman–Crippen MR) is 147 cm³/mol. The van der Waals surface area contributed by atoms with Crippen molar-refractivity contribution in [2.75, 3.05) is 6.26 Å². The largest absolute Gasteiger partial charge is 0.487 e. The van der Waals surface area contributed by atoms with Crippen LogP contribution in [0, 0.1) is 6.92 Å². The maximum atomic E-state index is 11.7. The highest BCUT2D eigenvalue weighted by Gasteiger charge is 2.18. The maximum absolute atomic E-state index is 11.7. The molecule has 3 aromatic carbocycles. The molecule has 0 saturated heterocycles. The lowest BCUT2D eigenvalue weighted by atomic mass is 10.1. The third-order valence-corrected chi connectivity index (χ3v) is 8.01. The van der Waals surface area contributed by atoms with E-state index in [1.807, 2.05) is 73.0 Å². The molecule has 1 N–H and O–H groups in total. The van der Waals surface area contributed by atoms with Crippen molar-refractivity contribution in [2.24, 2.45) is 0 Å². The average molecular weight is 515 g/mol. The van der Waals surface area contributed by atoms with E-state index in [4.69, 9.17) is 9.72 Å². The van der Waals surface area contributed by atoms with Gasteiger partial charge in [-0.2, -0.15) is 0 Å². The number of fused-ring (bicyclic) bond motifs is 1. The molecule has 5 rings (SSSR count). The summed E-state index contributed by atoms with van der Waals surface area (Å²) >= 11 is 3.32. The van der Waals surface area contributed by atoms with Crippen LogP contribution in [0.3, 0.4) is 0 Å². The molecule has 0 aliphatic rings. The van der Waals surface area contributed by atoms with Gasteiger partial charge in [0.25, 0.3) is 0 Å². The van der Waals surface area contributed by atoms with Gasteiger partial charge in [-0.15, -0.1) is 23.1 Å². The molecule has 182 valence electrons. The lowest BCUT2D eigenvalue weighted by Crippen LogP contribution is -2.05. The Balaban J connectivity index is 1.43. The normalized spacial score (nSPS) is 11.2. The average Bonchev–Trinajstić information content (AvgIpc) is 3.47. The summed E-state index contributed by atoms with van der Waals surface area (Å²) in [6.07, 6.45) is 2.04. The van der Waals surface area contributed by atoms with Crippen LogP contribution in [0.4, 0.5) is 0 Å². The first kappa shape index (κ1) is 24.2. The van der Waals surface area contributed by atoms with Gasteiger partial charge in [0.15, 0.2) is 0 Å². The quantitative estimate of drug-likeness (QED) is 0.214. The van der Waals surface area contributed by atoms with Crippen LogP contribution in [0.25, 0.3) is 21.5 Å². The molecule has 36 heavy (non-hydrogen) atoms. The molecule has 0 spiro atoms. The molecular formula is C29H26N2O3S2. The Morgan fingerprint density at radius 2 is 1.86 bits per heavy atom. The van der Waals surface area contributed by atoms with Crippen LogP contribution in [0.5, 0.6) is 5.75 Å². The van der Waals surface area contributed by atoms with Crippen LogP contribution in [0.15, 0.2) is 83.1 Å². The molecule has 0 unspecified atom stereocenters. The Kier molecular flexibility index (Phi) is 7.11. The van der Waals surface area contributed by atoms with E-state index in [-0.39, 0.29) is 6.42 Å². The summed E-state index contributed by atoms with van der Waals surface area (Å²) in [5.41, 5.74) is 5.97. The highest BCUT2D eigenvalue weighted by molar-refractivity contribution is 7.98. The van der Waals surface area contributed by atoms with Gasteiger partial charge in [0, 0.05) is 39.0 Å². The van der Waals surface area contributed by atoms with Crippen molar-refractivity contribution in [3.63, 3.8) is 0 Å². The number of hydrogen-bond acceptors (Lipinski definition) is 5. The SMILES string of the molecule is CSc1ccccc1Cn1c(C)c(CC(=O)O)c2cc(OCc3csc(-c4ccccc4)n3)ccc21. The number of benzene rings is 3. The van der Waals surface area contributed by atoms with Crippen LogP contribution in [0.1, 0.15) is 22.5 Å². The summed E-state index contributed by atoms with van der Waals surface area (Å²) < 4.78 is 8.30. The van der Waals surface area contributed by atoms with Crippen molar-refractivity contribution < 1.29 is 14.6 Å². The standard InChI is InChI=1S/C29H26N2O3S2/c1-19-24(15-28(32)33)25-14-23(34-17-22-18-36-29(30-22)20-8-4-3-5-9-20)12-13-26(25)31(19)16-21-10-6-7-11-27(21)35-2/h3-14,18H,15-17H2,1-2H3,(H,32,33). The molecule has 0 atom stereocenters. The number of thiazole rings is 1. The van der Waals surface area contributed by atoms with E-state index in [0.717, 1.165) is 38.4 Å². The van der Waals surface area contributed by atoms with Crippen molar-refractivity contribution in [1.82, 2.24) is 9.55 Å². The van der Waals surface area contributed by atoms with Crippen LogP contribution in [0.2, 0.25) is 0 Å². The molecule has 7 heteroatoms. The fourth-order valence-electron chi connectivity index (χ4n) is 4.45. The molecule has 0 amide bonds. The van der Waals surface area contributed by atoms with Gasteiger partial charge in [0.2, 0.25) is 0 Å². The van der Waals surface area contributed by atoms with Crippen LogP contribution in [-0.4, -0.2) is 26.9 Å². The first-order chi connectivity index (χ1) is 17.5. The third kappa shape index (κ3) is 5.03. The molecule has 0 aliphatic carbocycles. The van der Waals surface area contributed by atoms with E-state index >= 15 is 0 Å². The topological polar surface area (TPSA) is 64.4 Å². The molecule has 0 bridgehead atoms. The smallest absolute Gasteiger partial charge is 0.307 e. The monoisotopic (exact) mass is 514 g/mol. The van der Waals surface area contributed by atoms with E-state index in [0.29, 0.717) is 18.9 Å². The zero-order chi connectivity index (χ0) is 25.1. The van der Waals surface area contributed by atoms with E-state index in [1.165, 1.54) is 10.5 Å². The molecule has 2 aromatic heterocycles. The summed E-state index contributed by atoms with van der Waals surface area (Å²) in [7, 11) is 0. The molecule has 0 radical (unpaired) electrons. The number of carbonyl (C=O) groups is 1. The van der Waals surface area contributed by atoms with Crippen LogP contribution < -0.4 is 4.74 Å². The van der Waals surface area contributed by atoms with Gasteiger partial charge < -0.3 is 14.4 Å². The lowest BCUT2D eigenvalue weighted by molar-refractivity contribution is -0.136. The van der Waals surface area contributed by atoms with E-state index in [2.05, 4.69) is 23.0 Å². The minimum atomic E-state index is -0.844. The highest BCUT2D eigenvalue weighted by atomic mass is 32.2. The second-order valence-electron chi connectivity index (χ2n) is 8.51. The third-order valence-electron chi connectivity index (χ3n) is 6.23. The molecule has 0 aliphatic heterocycles. The fourth-order valence-corrected chi connectivity index (χ4v) is 5.87. The number of thioether (sulfide) groups is 1. The Labute approximate surface area is 218 Å². The van der Waals surface area contributed by atoms with Crippen molar-refractivity contribution in [2.45, 2.75) is 31.4 Å². The predicted octanol–water partition coefficient (Wildman–Crippen LogP) is 7.05. The van der Waals surface area contributed by atoms with Crippen molar-refractivity contribution >= 4 is 40.0 Å². The molecule has 2 heterocycles. The summed E-state index contributed by atoms with van der Waals surface area (Å²) in [5, 5.41) is 13.5. The Bertz CT molecular complexity index is 1520. The highest BCUT2D eigenvalue weighted by Crippen LogP contribution is 2.32. The zero-order valence-electron chi connectivity index (χ0n) is 20.1. The van der Waals surface area contributed by atoms with Crippen LogP contribution in [-0.2, 0) is 24.4 Å². The molecule has 0 fully saturated rings. The maximum Gasteiger partial charge on any atom is 0.307 e. The van der Waals surface area contributed by atoms with Crippen molar-refractivity contribution in [3.8, 4) is 16.3 Å². The van der Waals surface area contributed by atoms with Crippen molar-refractivity contribution in [3.05, 3.63) is 101 Å². The summed E-state index contributed by atoms with van der Waals surface area (Å²) in [4.78, 5) is 17.6. The Morgan fingerprint density at radius 3 is 2.64 bits per heavy atom. The van der Waals surface area contributed by atoms with Crippen molar-refractivity contribution in [1.29, 1.82) is 0 Å². The van der Waals surface area contributed by atoms with Gasteiger partial charge in [0.1, 0.15) is 17.4 Å². The first-order valence-corrected chi connectivity index (χ1v) is 13.7. The summed E-state index contributed by atoms with van der Waals surface area (Å²) in [6.45, 7) is 3.03. The van der Waals surface area contributed by atoms with Gasteiger partial charge >= 0.3 is 5.97 Å². The minimum Gasteiger partial charge on any atom is -0.487 e. The van der Waals surface area contributed by atoms with Crippen LogP contribution >= 0.6 is 23.1 Å². The first-order valence-electron chi connectivity index (χ1n) is 11.6. The number of aromatic nitrogens is 2. The molecule has 5 nitrogen and oxygen atoms in total. The zero-order valence-corrected chi connectivity index (χ0v) is 21.7. The summed E-state index contributed by atoms with van der Waals surface area (Å²) in [5.74, 6) is -0.144. The van der Waals surface area contributed by atoms with E-state index < -0.39 is 5.97 Å². The molecular weight excluding hydrogens is 488 g/mol. The second-order valence-corrected chi connectivity index (χ2v) is 10.2. The van der Waals surface area contributed by atoms with E-state index in [9.17, 15) is 9.90 Å². The van der Waals surface area contributed by atoms with E-state index in [1.54, 1.807) is 23.1 Å². The Morgan fingerprint density at radius 1 is 1.08 bits per heavy atom. The van der Waals surface area contributed by atoms with Gasteiger partial charge in [-0.3, -0.25) is 4.79 Å². The lowest BCUT2D eigenvalue weighted by Gasteiger charge is -2.12. The number of hydrogen-bond donors (Lipinski definition) is 1. The minimum absolute atomic E-state index is 0.0323. The number of nitrogens with zero attached hydrogens (tertiary/aromatic N) is 2. The summed E-state index contributed by atoms with van der Waals surface area (Å²) in [6, 6.07) is 24.4. The second kappa shape index (κ2) is 10.6. The Hall–Kier alpha value is -3.55. The fraction of sp³-hybridized carbons (Fsp3) is 0.172. The number of rotatable bonds is 9. The van der Waals surface area contributed by atoms with Gasteiger partial charge in [-0.25, -0.2) is 4.98 Å². The number of ether oxygens (including phenoxy) is 1. The van der Waals surface area contributed by atoms with Gasteiger partial charge in [-0.1, -0.05) is 48.5 Å². The number of carboxylic acid groups (broad SMARTS) is 1. The number of aliphatic carboxylic acids is 1. The van der Waals surface area contributed by atoms with Gasteiger partial charge in [-0.05, 0) is 48.6 Å². The number of carboxylic acids is 1. The molecule has 0 saturated carbocycles. The molecule has 5 aromatic rings.